The first-order valence-corrected chi connectivity index (χ1v) is 7.84. The van der Waals surface area contributed by atoms with Gasteiger partial charge in [0.15, 0.2) is 0 Å². The van der Waals surface area contributed by atoms with Gasteiger partial charge in [-0.25, -0.2) is 4.98 Å². The molecule has 0 radical (unpaired) electrons. The topological polar surface area (TPSA) is 77.2 Å². The van der Waals surface area contributed by atoms with Crippen LogP contribution in [0.5, 0.6) is 5.75 Å². The zero-order chi connectivity index (χ0) is 16.1. The van der Waals surface area contributed by atoms with Crippen molar-refractivity contribution >= 4 is 17.2 Å². The Morgan fingerprint density at radius 3 is 3.04 bits per heavy atom. The van der Waals surface area contributed by atoms with E-state index in [0.717, 1.165) is 5.01 Å². The van der Waals surface area contributed by atoms with E-state index in [1.165, 1.54) is 11.3 Å². The molecule has 3 aromatic heterocycles. The number of carbonyl (C=O) groups excluding carboxylic acids is 1. The molecule has 3 rings (SSSR count). The smallest absolute Gasteiger partial charge is 0.263 e. The highest BCUT2D eigenvalue weighted by atomic mass is 32.1. The third kappa shape index (κ3) is 3.95. The van der Waals surface area contributed by atoms with Crippen LogP contribution in [0.3, 0.4) is 0 Å². The monoisotopic (exact) mass is 329 g/mol. The fourth-order valence-electron chi connectivity index (χ4n) is 1.96. The highest BCUT2D eigenvalue weighted by Gasteiger charge is 2.15. The number of carbonyl (C=O) groups is 1. The molecule has 0 saturated heterocycles. The zero-order valence-electron chi connectivity index (χ0n) is 12.5. The molecule has 0 aromatic carbocycles. The number of hydrogen-bond donors (Lipinski definition) is 1. The molecular weight excluding hydrogens is 314 g/mol. The van der Waals surface area contributed by atoms with Crippen molar-refractivity contribution < 1.29 is 13.9 Å². The summed E-state index contributed by atoms with van der Waals surface area (Å²) >= 11 is 1.32. The molecule has 0 atom stereocenters. The molecule has 0 spiro atoms. The largest absolute Gasteiger partial charge is 0.485 e. The summed E-state index contributed by atoms with van der Waals surface area (Å²) in [5.41, 5.74) is 0.691. The number of furan rings is 1. The van der Waals surface area contributed by atoms with Crippen molar-refractivity contribution in [2.75, 3.05) is 0 Å². The van der Waals surface area contributed by atoms with Crippen molar-refractivity contribution in [3.05, 3.63) is 64.3 Å². The minimum Gasteiger partial charge on any atom is -0.485 e. The zero-order valence-corrected chi connectivity index (χ0v) is 13.3. The highest BCUT2D eigenvalue weighted by Crippen LogP contribution is 2.20. The number of aryl methyl sites for hydroxylation is 1. The Balaban J connectivity index is 1.60. The van der Waals surface area contributed by atoms with Crippen molar-refractivity contribution in [3.8, 4) is 5.75 Å². The number of amides is 1. The second kappa shape index (κ2) is 7.06. The van der Waals surface area contributed by atoms with Gasteiger partial charge in [0.25, 0.3) is 5.91 Å². The Morgan fingerprint density at radius 1 is 1.39 bits per heavy atom. The number of thiazole rings is 1. The fraction of sp³-hybridized carbons (Fsp3) is 0.188. The van der Waals surface area contributed by atoms with Gasteiger partial charge in [0.2, 0.25) is 0 Å². The Hall–Kier alpha value is -2.67. The summed E-state index contributed by atoms with van der Waals surface area (Å²) in [6.07, 6.45) is 4.90. The van der Waals surface area contributed by atoms with E-state index in [0.29, 0.717) is 35.2 Å². The molecule has 7 heteroatoms. The number of ether oxygens (including phenoxy) is 1. The van der Waals surface area contributed by atoms with Crippen molar-refractivity contribution in [3.63, 3.8) is 0 Å². The van der Waals surface area contributed by atoms with Gasteiger partial charge in [-0.15, -0.1) is 11.3 Å². The van der Waals surface area contributed by atoms with E-state index in [2.05, 4.69) is 15.3 Å². The van der Waals surface area contributed by atoms with Gasteiger partial charge in [0.1, 0.15) is 28.0 Å². The molecule has 0 aliphatic heterocycles. The first-order valence-electron chi connectivity index (χ1n) is 7.02. The Labute approximate surface area is 137 Å². The Bertz CT molecular complexity index is 769. The van der Waals surface area contributed by atoms with E-state index in [1.54, 1.807) is 30.8 Å². The molecule has 0 unspecified atom stereocenters. The first kappa shape index (κ1) is 15.2. The number of hydrogen-bond acceptors (Lipinski definition) is 6. The average molecular weight is 329 g/mol. The minimum atomic E-state index is -0.163. The summed E-state index contributed by atoms with van der Waals surface area (Å²) in [4.78, 5) is 21.2. The van der Waals surface area contributed by atoms with Crippen LogP contribution < -0.4 is 10.1 Å². The molecule has 118 valence electrons. The summed E-state index contributed by atoms with van der Waals surface area (Å²) in [6, 6.07) is 7.22. The summed E-state index contributed by atoms with van der Waals surface area (Å²) in [5.74, 6) is 1.22. The number of nitrogens with zero attached hydrogens (tertiary/aromatic N) is 2. The Morgan fingerprint density at radius 2 is 2.30 bits per heavy atom. The van der Waals surface area contributed by atoms with E-state index < -0.39 is 0 Å². The molecular formula is C16H15N3O3S. The minimum absolute atomic E-state index is 0.163. The lowest BCUT2D eigenvalue weighted by Crippen LogP contribution is -2.22. The van der Waals surface area contributed by atoms with Gasteiger partial charge in [-0.3, -0.25) is 9.78 Å². The summed E-state index contributed by atoms with van der Waals surface area (Å²) in [6.45, 7) is 2.47. The third-order valence-electron chi connectivity index (χ3n) is 3.05. The van der Waals surface area contributed by atoms with Crippen molar-refractivity contribution in [1.82, 2.24) is 15.3 Å². The SMILES string of the molecule is Cc1nc(COc2cccnc2)sc1C(=O)NCc1ccco1. The van der Waals surface area contributed by atoms with Crippen LogP contribution in [0, 0.1) is 6.92 Å². The highest BCUT2D eigenvalue weighted by molar-refractivity contribution is 7.13. The van der Waals surface area contributed by atoms with Crippen LogP contribution in [-0.2, 0) is 13.2 Å². The Kier molecular flexibility index (Phi) is 4.68. The maximum absolute atomic E-state index is 12.2. The summed E-state index contributed by atoms with van der Waals surface area (Å²) in [7, 11) is 0. The van der Waals surface area contributed by atoms with Gasteiger partial charge < -0.3 is 14.5 Å². The molecule has 0 aliphatic rings. The van der Waals surface area contributed by atoms with E-state index >= 15 is 0 Å². The first-order chi connectivity index (χ1) is 11.2. The van der Waals surface area contributed by atoms with E-state index in [1.807, 2.05) is 19.1 Å². The van der Waals surface area contributed by atoms with Crippen LogP contribution in [0.1, 0.15) is 26.1 Å². The van der Waals surface area contributed by atoms with Gasteiger partial charge in [0, 0.05) is 6.20 Å². The number of pyridine rings is 1. The lowest BCUT2D eigenvalue weighted by molar-refractivity contribution is 0.0951. The van der Waals surface area contributed by atoms with Gasteiger partial charge in [-0.2, -0.15) is 0 Å². The maximum Gasteiger partial charge on any atom is 0.263 e. The van der Waals surface area contributed by atoms with Crippen LogP contribution in [0.15, 0.2) is 47.3 Å². The molecule has 6 nitrogen and oxygen atoms in total. The van der Waals surface area contributed by atoms with Crippen LogP contribution in [-0.4, -0.2) is 15.9 Å². The van der Waals surface area contributed by atoms with Crippen molar-refractivity contribution in [2.45, 2.75) is 20.1 Å². The van der Waals surface area contributed by atoms with Gasteiger partial charge >= 0.3 is 0 Å². The standard InChI is InChI=1S/C16H15N3O3S/c1-11-15(16(20)18-9-13-5-3-7-21-13)23-14(19-11)10-22-12-4-2-6-17-8-12/h2-8H,9-10H2,1H3,(H,18,20). The van der Waals surface area contributed by atoms with E-state index in [4.69, 9.17) is 9.15 Å². The maximum atomic E-state index is 12.2. The third-order valence-corrected chi connectivity index (χ3v) is 4.18. The summed E-state index contributed by atoms with van der Waals surface area (Å²) < 4.78 is 10.8. The van der Waals surface area contributed by atoms with E-state index in [9.17, 15) is 4.79 Å². The molecule has 1 amide bonds. The molecule has 23 heavy (non-hydrogen) atoms. The van der Waals surface area contributed by atoms with Crippen LogP contribution >= 0.6 is 11.3 Å². The number of nitrogens with one attached hydrogen (secondary N) is 1. The van der Waals surface area contributed by atoms with E-state index in [-0.39, 0.29) is 5.91 Å². The quantitative estimate of drug-likeness (QED) is 0.752. The molecule has 3 heterocycles. The second-order valence-electron chi connectivity index (χ2n) is 4.76. The molecule has 3 aromatic rings. The molecule has 0 saturated carbocycles. The van der Waals surface area contributed by atoms with Gasteiger partial charge in [-0.05, 0) is 31.2 Å². The van der Waals surface area contributed by atoms with Crippen LogP contribution in [0.2, 0.25) is 0 Å². The van der Waals surface area contributed by atoms with Gasteiger partial charge in [0.05, 0.1) is 24.7 Å². The number of rotatable bonds is 6. The average Bonchev–Trinajstić information content (AvgIpc) is 3.21. The normalized spacial score (nSPS) is 10.5. The van der Waals surface area contributed by atoms with Crippen molar-refractivity contribution in [1.29, 1.82) is 0 Å². The predicted molar refractivity (Wildman–Crippen MR) is 85.3 cm³/mol. The second-order valence-corrected chi connectivity index (χ2v) is 5.85. The molecule has 0 aliphatic carbocycles. The molecule has 1 N–H and O–H groups in total. The van der Waals surface area contributed by atoms with Crippen LogP contribution in [0.25, 0.3) is 0 Å². The molecule has 0 bridgehead atoms. The number of aromatic nitrogens is 2. The summed E-state index contributed by atoms with van der Waals surface area (Å²) in [5, 5.41) is 3.56. The van der Waals surface area contributed by atoms with Crippen LogP contribution in [0.4, 0.5) is 0 Å². The predicted octanol–water partition coefficient (Wildman–Crippen LogP) is 2.95. The lowest BCUT2D eigenvalue weighted by atomic mass is 10.3. The van der Waals surface area contributed by atoms with Crippen molar-refractivity contribution in [2.24, 2.45) is 0 Å². The van der Waals surface area contributed by atoms with Gasteiger partial charge in [-0.1, -0.05) is 0 Å². The fourth-order valence-corrected chi connectivity index (χ4v) is 2.86. The lowest BCUT2D eigenvalue weighted by Gasteiger charge is -2.02. The molecule has 0 fully saturated rings.